The lowest BCUT2D eigenvalue weighted by molar-refractivity contribution is -0.137. The Kier molecular flexibility index (Phi) is 4.50. The molecule has 29 heavy (non-hydrogen) atoms. The third kappa shape index (κ3) is 3.66. The zero-order valence-electron chi connectivity index (χ0n) is 15.0. The van der Waals surface area contributed by atoms with Crippen molar-refractivity contribution in [3.05, 3.63) is 77.0 Å². The van der Waals surface area contributed by atoms with Crippen LogP contribution < -0.4 is 10.3 Å². The zero-order valence-corrected chi connectivity index (χ0v) is 15.0. The summed E-state index contributed by atoms with van der Waals surface area (Å²) in [6.45, 7) is 0. The molecular weight excluding hydrogens is 385 g/mol. The van der Waals surface area contributed by atoms with Gasteiger partial charge in [0, 0.05) is 18.7 Å². The summed E-state index contributed by atoms with van der Waals surface area (Å²) in [4.78, 5) is 24.1. The van der Waals surface area contributed by atoms with Crippen LogP contribution in [0.25, 0.3) is 22.3 Å². The number of halogens is 3. The summed E-state index contributed by atoms with van der Waals surface area (Å²) in [5.74, 6) is 0.577. The Hall–Kier alpha value is -3.75. The van der Waals surface area contributed by atoms with E-state index < -0.39 is 11.7 Å². The van der Waals surface area contributed by atoms with Gasteiger partial charge in [0.25, 0.3) is 5.56 Å². The average Bonchev–Trinajstić information content (AvgIpc) is 2.71. The molecule has 2 aromatic carbocycles. The van der Waals surface area contributed by atoms with Crippen molar-refractivity contribution in [1.82, 2.24) is 19.5 Å². The number of para-hydroxylation sites is 1. The second kappa shape index (κ2) is 7.01. The van der Waals surface area contributed by atoms with Gasteiger partial charge in [0.2, 0.25) is 5.88 Å². The summed E-state index contributed by atoms with van der Waals surface area (Å²) in [5, 5.41) is 0. The molecular formula is C20H13F3N4O2. The van der Waals surface area contributed by atoms with Crippen LogP contribution in [0.2, 0.25) is 0 Å². The molecule has 0 amide bonds. The first kappa shape index (κ1) is 18.6. The number of aryl methyl sites for hydroxylation is 1. The van der Waals surface area contributed by atoms with Crippen LogP contribution in [0.5, 0.6) is 11.6 Å². The normalized spacial score (nSPS) is 11.6. The van der Waals surface area contributed by atoms with Gasteiger partial charge in [-0.25, -0.2) is 15.0 Å². The van der Waals surface area contributed by atoms with Crippen LogP contribution in [0.1, 0.15) is 5.56 Å². The van der Waals surface area contributed by atoms with Gasteiger partial charge in [0.05, 0.1) is 23.0 Å². The molecule has 4 aromatic rings. The van der Waals surface area contributed by atoms with E-state index in [0.29, 0.717) is 28.0 Å². The van der Waals surface area contributed by atoms with Crippen molar-refractivity contribution in [3.63, 3.8) is 0 Å². The van der Waals surface area contributed by atoms with Gasteiger partial charge in [0.15, 0.2) is 5.75 Å². The maximum absolute atomic E-state index is 12.7. The molecule has 0 bridgehead atoms. The van der Waals surface area contributed by atoms with Gasteiger partial charge in [-0.1, -0.05) is 18.2 Å². The Labute approximate surface area is 162 Å². The number of alkyl halides is 3. The summed E-state index contributed by atoms with van der Waals surface area (Å²) in [5.41, 5.74) is 0.977. The van der Waals surface area contributed by atoms with Crippen LogP contribution in [0.15, 0.2) is 65.8 Å². The van der Waals surface area contributed by atoms with E-state index >= 15 is 0 Å². The van der Waals surface area contributed by atoms with E-state index in [0.717, 1.165) is 12.1 Å². The minimum atomic E-state index is -4.40. The van der Waals surface area contributed by atoms with Gasteiger partial charge in [-0.15, -0.1) is 0 Å². The summed E-state index contributed by atoms with van der Waals surface area (Å²) in [7, 11) is 1.63. The Morgan fingerprint density at radius 2 is 1.76 bits per heavy atom. The lowest BCUT2D eigenvalue weighted by Gasteiger charge is -2.10. The lowest BCUT2D eigenvalue weighted by Crippen LogP contribution is -2.16. The van der Waals surface area contributed by atoms with E-state index in [1.165, 1.54) is 35.3 Å². The molecule has 0 aliphatic rings. The number of hydrogen-bond donors (Lipinski definition) is 0. The Morgan fingerprint density at radius 1 is 1.00 bits per heavy atom. The van der Waals surface area contributed by atoms with Crippen LogP contribution in [-0.2, 0) is 13.2 Å². The molecule has 0 saturated carbocycles. The molecule has 0 N–H and O–H groups in total. The van der Waals surface area contributed by atoms with Gasteiger partial charge >= 0.3 is 6.18 Å². The molecule has 0 unspecified atom stereocenters. The first-order valence-electron chi connectivity index (χ1n) is 8.45. The van der Waals surface area contributed by atoms with E-state index in [1.54, 1.807) is 25.2 Å². The molecule has 6 nitrogen and oxygen atoms in total. The Bertz CT molecular complexity index is 1250. The Morgan fingerprint density at radius 3 is 2.48 bits per heavy atom. The predicted octanol–water partition coefficient (Wildman–Crippen LogP) is 4.20. The van der Waals surface area contributed by atoms with E-state index in [4.69, 9.17) is 4.74 Å². The standard InChI is InChI=1S/C20H13F3N4O2/c1-27-15-3-2-4-16(19(15)24-10-18(27)28)29-17-9-14(25-11-26-17)12-5-7-13(8-6-12)20(21,22)23/h2-11H,1H3. The fraction of sp³-hybridized carbons (Fsp3) is 0.100. The molecule has 0 fully saturated rings. The molecule has 0 saturated heterocycles. The maximum atomic E-state index is 12.7. The van der Waals surface area contributed by atoms with Crippen molar-refractivity contribution in [2.45, 2.75) is 6.18 Å². The third-order valence-corrected chi connectivity index (χ3v) is 4.34. The second-order valence-corrected chi connectivity index (χ2v) is 6.20. The summed E-state index contributed by atoms with van der Waals surface area (Å²) >= 11 is 0. The highest BCUT2D eigenvalue weighted by molar-refractivity contribution is 5.81. The van der Waals surface area contributed by atoms with Crippen LogP contribution in [0.4, 0.5) is 13.2 Å². The second-order valence-electron chi connectivity index (χ2n) is 6.20. The monoisotopic (exact) mass is 398 g/mol. The van der Waals surface area contributed by atoms with Gasteiger partial charge in [-0.3, -0.25) is 4.79 Å². The van der Waals surface area contributed by atoms with E-state index in [2.05, 4.69) is 15.0 Å². The van der Waals surface area contributed by atoms with E-state index in [1.807, 2.05) is 0 Å². The molecule has 2 aromatic heterocycles. The number of ether oxygens (including phenoxy) is 1. The van der Waals surface area contributed by atoms with E-state index in [-0.39, 0.29) is 11.4 Å². The van der Waals surface area contributed by atoms with Crippen LogP contribution >= 0.6 is 0 Å². The highest BCUT2D eigenvalue weighted by Crippen LogP contribution is 2.32. The number of nitrogens with zero attached hydrogens (tertiary/aromatic N) is 4. The fourth-order valence-corrected chi connectivity index (χ4v) is 2.81. The predicted molar refractivity (Wildman–Crippen MR) is 99.5 cm³/mol. The van der Waals surface area contributed by atoms with Crippen molar-refractivity contribution in [2.75, 3.05) is 0 Å². The van der Waals surface area contributed by atoms with Crippen molar-refractivity contribution in [2.24, 2.45) is 7.05 Å². The van der Waals surface area contributed by atoms with Crippen LogP contribution in [0.3, 0.4) is 0 Å². The first-order valence-corrected chi connectivity index (χ1v) is 8.45. The minimum absolute atomic E-state index is 0.193. The zero-order chi connectivity index (χ0) is 20.6. The lowest BCUT2D eigenvalue weighted by atomic mass is 10.1. The van der Waals surface area contributed by atoms with Crippen LogP contribution in [-0.4, -0.2) is 19.5 Å². The molecule has 2 heterocycles. The highest BCUT2D eigenvalue weighted by Gasteiger charge is 2.30. The maximum Gasteiger partial charge on any atom is 0.416 e. The summed E-state index contributed by atoms with van der Waals surface area (Å²) in [6, 6.07) is 11.3. The molecule has 4 rings (SSSR count). The Balaban J connectivity index is 1.68. The van der Waals surface area contributed by atoms with Crippen molar-refractivity contribution >= 4 is 11.0 Å². The number of aromatic nitrogens is 4. The topological polar surface area (TPSA) is 69.9 Å². The first-order chi connectivity index (χ1) is 13.8. The number of hydrogen-bond acceptors (Lipinski definition) is 5. The number of rotatable bonds is 3. The van der Waals surface area contributed by atoms with Crippen molar-refractivity contribution < 1.29 is 17.9 Å². The van der Waals surface area contributed by atoms with Gasteiger partial charge < -0.3 is 9.30 Å². The van der Waals surface area contributed by atoms with Gasteiger partial charge in [0.1, 0.15) is 11.8 Å². The van der Waals surface area contributed by atoms with Gasteiger partial charge in [-0.05, 0) is 24.3 Å². The molecule has 0 spiro atoms. The quantitative estimate of drug-likeness (QED) is 0.517. The molecule has 0 radical (unpaired) electrons. The summed E-state index contributed by atoms with van der Waals surface area (Å²) < 4.78 is 45.5. The number of benzene rings is 2. The van der Waals surface area contributed by atoms with Crippen molar-refractivity contribution in [3.8, 4) is 22.9 Å². The smallest absolute Gasteiger partial charge is 0.416 e. The molecule has 0 aliphatic heterocycles. The molecule has 0 atom stereocenters. The average molecular weight is 398 g/mol. The van der Waals surface area contributed by atoms with Gasteiger partial charge in [-0.2, -0.15) is 13.2 Å². The molecule has 9 heteroatoms. The minimum Gasteiger partial charge on any atom is -0.437 e. The number of fused-ring (bicyclic) bond motifs is 1. The fourth-order valence-electron chi connectivity index (χ4n) is 2.81. The highest BCUT2D eigenvalue weighted by atomic mass is 19.4. The van der Waals surface area contributed by atoms with Crippen LogP contribution in [0, 0.1) is 0 Å². The van der Waals surface area contributed by atoms with E-state index in [9.17, 15) is 18.0 Å². The van der Waals surface area contributed by atoms with Crippen molar-refractivity contribution in [1.29, 1.82) is 0 Å². The largest absolute Gasteiger partial charge is 0.437 e. The SMILES string of the molecule is Cn1c(=O)cnc2c(Oc3cc(-c4ccc(C(F)(F)F)cc4)ncn3)cccc21. The summed E-state index contributed by atoms with van der Waals surface area (Å²) in [6.07, 6.45) is -1.95. The molecule has 0 aliphatic carbocycles. The molecule has 146 valence electrons. The third-order valence-electron chi connectivity index (χ3n) is 4.34.